The summed E-state index contributed by atoms with van der Waals surface area (Å²) >= 11 is 5.07. The van der Waals surface area contributed by atoms with Crippen molar-refractivity contribution in [3.8, 4) is 11.5 Å². The molecule has 2 rings (SSSR count). The van der Waals surface area contributed by atoms with E-state index in [0.29, 0.717) is 21.9 Å². The van der Waals surface area contributed by atoms with Crippen molar-refractivity contribution in [3.05, 3.63) is 35.0 Å². The molecule has 0 bridgehead atoms. The van der Waals surface area contributed by atoms with E-state index >= 15 is 0 Å². The number of aromatic hydroxyl groups is 2. The molecule has 0 saturated carbocycles. The summed E-state index contributed by atoms with van der Waals surface area (Å²) in [4.78, 5) is 11.9. The molecule has 20 heavy (non-hydrogen) atoms. The topological polar surface area (TPSA) is 90.8 Å². The number of phenols is 2. The highest BCUT2D eigenvalue weighted by Crippen LogP contribution is 2.32. The lowest BCUT2D eigenvalue weighted by Gasteiger charge is -2.29. The van der Waals surface area contributed by atoms with E-state index in [4.69, 9.17) is 17.0 Å². The predicted molar refractivity (Wildman–Crippen MR) is 76.1 cm³/mol. The summed E-state index contributed by atoms with van der Waals surface area (Å²) in [6, 6.07) is 3.76. The van der Waals surface area contributed by atoms with Gasteiger partial charge in [0.25, 0.3) is 0 Å². The zero-order valence-corrected chi connectivity index (χ0v) is 11.7. The van der Waals surface area contributed by atoms with Gasteiger partial charge in [0.1, 0.15) is 0 Å². The Labute approximate surface area is 121 Å². The van der Waals surface area contributed by atoms with E-state index < -0.39 is 12.0 Å². The standard InChI is InChI=1S/C13H14N2O4S/c1-6-10(12(18)19-2)11(15-13(20)14-6)7-3-4-8(16)9(17)5-7/h3-5,11,16-17H,1-2H3,(H2,14,15,20)/t11-/m1/s1. The molecule has 0 saturated heterocycles. The second-order valence-corrected chi connectivity index (χ2v) is 4.72. The Hall–Kier alpha value is -2.28. The van der Waals surface area contributed by atoms with Gasteiger partial charge in [0, 0.05) is 5.70 Å². The minimum Gasteiger partial charge on any atom is -0.504 e. The van der Waals surface area contributed by atoms with Crippen LogP contribution in [-0.2, 0) is 9.53 Å². The fourth-order valence-electron chi connectivity index (χ4n) is 2.04. The molecule has 0 unspecified atom stereocenters. The normalized spacial score (nSPS) is 18.3. The Morgan fingerprint density at radius 3 is 2.65 bits per heavy atom. The number of allylic oxidation sites excluding steroid dienone is 1. The molecular weight excluding hydrogens is 280 g/mol. The van der Waals surface area contributed by atoms with Crippen LogP contribution < -0.4 is 10.6 Å². The molecule has 0 fully saturated rings. The van der Waals surface area contributed by atoms with Gasteiger partial charge in [0.05, 0.1) is 18.7 Å². The van der Waals surface area contributed by atoms with Gasteiger partial charge in [-0.25, -0.2) is 4.79 Å². The molecule has 1 atom stereocenters. The second kappa shape index (κ2) is 5.38. The smallest absolute Gasteiger partial charge is 0.337 e. The third-order valence-corrected chi connectivity index (χ3v) is 3.23. The van der Waals surface area contributed by atoms with Crippen molar-refractivity contribution in [1.82, 2.24) is 10.6 Å². The van der Waals surface area contributed by atoms with Gasteiger partial charge in [-0.2, -0.15) is 0 Å². The highest BCUT2D eigenvalue weighted by molar-refractivity contribution is 7.80. The molecule has 0 aromatic heterocycles. The highest BCUT2D eigenvalue weighted by atomic mass is 32.1. The van der Waals surface area contributed by atoms with Crippen LogP contribution in [-0.4, -0.2) is 28.4 Å². The molecule has 4 N–H and O–H groups in total. The number of hydrogen-bond acceptors (Lipinski definition) is 5. The van der Waals surface area contributed by atoms with Crippen LogP contribution in [0.2, 0.25) is 0 Å². The molecular formula is C13H14N2O4S. The molecule has 0 spiro atoms. The van der Waals surface area contributed by atoms with E-state index in [1.165, 1.54) is 19.2 Å². The molecule has 1 aliphatic heterocycles. The van der Waals surface area contributed by atoms with E-state index in [0.717, 1.165) is 0 Å². The van der Waals surface area contributed by atoms with E-state index in [1.807, 2.05) is 0 Å². The van der Waals surface area contributed by atoms with Gasteiger partial charge in [0.15, 0.2) is 16.6 Å². The predicted octanol–water partition coefficient (Wildman–Crippen LogP) is 1.06. The number of thiocarbonyl (C=S) groups is 1. The van der Waals surface area contributed by atoms with Crippen LogP contribution in [0.5, 0.6) is 11.5 Å². The summed E-state index contributed by atoms with van der Waals surface area (Å²) in [5.74, 6) is -0.997. The number of benzene rings is 1. The van der Waals surface area contributed by atoms with E-state index in [-0.39, 0.29) is 11.5 Å². The summed E-state index contributed by atoms with van der Waals surface area (Å²) in [6.45, 7) is 1.71. The van der Waals surface area contributed by atoms with Gasteiger partial charge in [0.2, 0.25) is 0 Å². The number of carbonyl (C=O) groups is 1. The maximum Gasteiger partial charge on any atom is 0.337 e. The van der Waals surface area contributed by atoms with Crippen LogP contribution in [0.1, 0.15) is 18.5 Å². The number of ether oxygens (including phenoxy) is 1. The number of nitrogens with one attached hydrogen (secondary N) is 2. The molecule has 6 nitrogen and oxygen atoms in total. The Balaban J connectivity index is 2.50. The van der Waals surface area contributed by atoms with Crippen molar-refractivity contribution in [2.45, 2.75) is 13.0 Å². The van der Waals surface area contributed by atoms with Gasteiger partial charge < -0.3 is 25.6 Å². The number of carbonyl (C=O) groups excluding carboxylic acids is 1. The summed E-state index contributed by atoms with van der Waals surface area (Å²) in [5, 5.41) is 25.1. The average Bonchev–Trinajstić information content (AvgIpc) is 2.40. The fraction of sp³-hybridized carbons (Fsp3) is 0.231. The monoisotopic (exact) mass is 294 g/mol. The van der Waals surface area contributed by atoms with Gasteiger partial charge in [-0.15, -0.1) is 0 Å². The van der Waals surface area contributed by atoms with Gasteiger partial charge in [-0.05, 0) is 36.8 Å². The first-order chi connectivity index (χ1) is 9.43. The Bertz CT molecular complexity index is 612. The fourth-order valence-corrected chi connectivity index (χ4v) is 2.32. The lowest BCUT2D eigenvalue weighted by Crippen LogP contribution is -2.45. The van der Waals surface area contributed by atoms with Crippen molar-refractivity contribution in [2.75, 3.05) is 7.11 Å². The molecule has 106 valence electrons. The largest absolute Gasteiger partial charge is 0.504 e. The SMILES string of the molecule is COC(=O)C1=C(C)NC(=S)N[C@@H]1c1ccc(O)c(O)c1. The molecule has 1 aliphatic rings. The van der Waals surface area contributed by atoms with Crippen LogP contribution in [0.15, 0.2) is 29.5 Å². The van der Waals surface area contributed by atoms with Crippen molar-refractivity contribution in [1.29, 1.82) is 0 Å². The minimum absolute atomic E-state index is 0.231. The summed E-state index contributed by atoms with van der Waals surface area (Å²) < 4.78 is 4.77. The highest BCUT2D eigenvalue weighted by Gasteiger charge is 2.30. The number of rotatable bonds is 2. The molecule has 1 aromatic rings. The summed E-state index contributed by atoms with van der Waals surface area (Å²) in [7, 11) is 1.29. The van der Waals surface area contributed by atoms with Crippen molar-refractivity contribution >= 4 is 23.3 Å². The average molecular weight is 294 g/mol. The third kappa shape index (κ3) is 2.53. The van der Waals surface area contributed by atoms with Crippen molar-refractivity contribution < 1.29 is 19.7 Å². The first-order valence-corrected chi connectivity index (χ1v) is 6.23. The Morgan fingerprint density at radius 1 is 1.35 bits per heavy atom. The molecule has 1 aromatic carbocycles. The Kier molecular flexibility index (Phi) is 3.80. The van der Waals surface area contributed by atoms with Gasteiger partial charge in [-0.1, -0.05) is 6.07 Å². The van der Waals surface area contributed by atoms with Gasteiger partial charge in [-0.3, -0.25) is 0 Å². The zero-order chi connectivity index (χ0) is 14.9. The summed E-state index contributed by atoms with van der Waals surface area (Å²) in [5.41, 5.74) is 1.54. The quantitative estimate of drug-likeness (QED) is 0.368. The van der Waals surface area contributed by atoms with Crippen LogP contribution in [0.3, 0.4) is 0 Å². The second-order valence-electron chi connectivity index (χ2n) is 4.31. The van der Waals surface area contributed by atoms with Crippen molar-refractivity contribution in [2.24, 2.45) is 0 Å². The molecule has 0 amide bonds. The van der Waals surface area contributed by atoms with Crippen LogP contribution >= 0.6 is 12.2 Å². The lowest BCUT2D eigenvalue weighted by molar-refractivity contribution is -0.136. The number of phenolic OH excluding ortho intramolecular Hbond substituents is 2. The van der Waals surface area contributed by atoms with Gasteiger partial charge >= 0.3 is 5.97 Å². The zero-order valence-electron chi connectivity index (χ0n) is 10.9. The number of esters is 1. The van der Waals surface area contributed by atoms with Crippen LogP contribution in [0, 0.1) is 0 Å². The van der Waals surface area contributed by atoms with Crippen LogP contribution in [0.25, 0.3) is 0 Å². The first kappa shape index (κ1) is 14.1. The maximum atomic E-state index is 11.9. The maximum absolute atomic E-state index is 11.9. The molecule has 7 heteroatoms. The third-order valence-electron chi connectivity index (χ3n) is 3.01. The minimum atomic E-state index is -0.553. The van der Waals surface area contributed by atoms with E-state index in [2.05, 4.69) is 10.6 Å². The molecule has 0 radical (unpaired) electrons. The number of hydrogen-bond donors (Lipinski definition) is 4. The van der Waals surface area contributed by atoms with Crippen molar-refractivity contribution in [3.63, 3.8) is 0 Å². The van der Waals surface area contributed by atoms with E-state index in [1.54, 1.807) is 13.0 Å². The molecule has 0 aliphatic carbocycles. The number of methoxy groups -OCH3 is 1. The first-order valence-electron chi connectivity index (χ1n) is 5.82. The lowest BCUT2D eigenvalue weighted by atomic mass is 9.95. The van der Waals surface area contributed by atoms with E-state index in [9.17, 15) is 15.0 Å². The Morgan fingerprint density at radius 2 is 2.05 bits per heavy atom. The molecule has 1 heterocycles. The summed E-state index contributed by atoms with van der Waals surface area (Å²) in [6.07, 6.45) is 0. The van der Waals surface area contributed by atoms with Crippen LogP contribution in [0.4, 0.5) is 0 Å².